The Labute approximate surface area is 249 Å². The van der Waals surface area contributed by atoms with Gasteiger partial charge in [-0.05, 0) is 83.5 Å². The first-order chi connectivity index (χ1) is 19.8. The van der Waals surface area contributed by atoms with Crippen molar-refractivity contribution < 1.29 is 35.9 Å². The summed E-state index contributed by atoms with van der Waals surface area (Å²) in [6, 6.07) is 13.6. The van der Waals surface area contributed by atoms with Crippen LogP contribution in [-0.4, -0.2) is 40.2 Å². The Bertz CT molecular complexity index is 1620. The van der Waals surface area contributed by atoms with Crippen molar-refractivity contribution in [3.05, 3.63) is 75.1 Å². The zero-order chi connectivity index (χ0) is 30.2. The van der Waals surface area contributed by atoms with Gasteiger partial charge in [0.25, 0.3) is 12.3 Å². The van der Waals surface area contributed by atoms with Crippen LogP contribution in [-0.2, 0) is 13.6 Å². The molecule has 1 saturated carbocycles. The van der Waals surface area contributed by atoms with Crippen LogP contribution in [0.5, 0.6) is 5.75 Å². The lowest BCUT2D eigenvalue weighted by Gasteiger charge is -2.21. The Kier molecular flexibility index (Phi) is 8.29. The Morgan fingerprint density at radius 3 is 2.48 bits per heavy atom. The molecule has 0 bridgehead atoms. The molecule has 7 nitrogen and oxygen atoms in total. The predicted octanol–water partition coefficient (Wildman–Crippen LogP) is 7.14. The molecule has 1 aromatic heterocycles. The lowest BCUT2D eigenvalue weighted by molar-refractivity contribution is -0.166. The maximum Gasteiger partial charge on any atom is 0.406 e. The number of carbonyl (C=O) groups is 1. The number of aromatic nitrogens is 2. The lowest BCUT2D eigenvalue weighted by Crippen LogP contribution is -2.44. The zero-order valence-electron chi connectivity index (χ0n) is 22.0. The third kappa shape index (κ3) is 6.43. The molecule has 42 heavy (non-hydrogen) atoms. The maximum atomic E-state index is 14.7. The normalized spacial score (nSPS) is 14.3. The summed E-state index contributed by atoms with van der Waals surface area (Å²) < 4.78 is 88.2. The molecular formula is C28H24F6IN5O2. The highest BCUT2D eigenvalue weighted by Crippen LogP contribution is 2.49. The minimum absolute atomic E-state index is 0.0175. The molecule has 1 fully saturated rings. The molecule has 14 heteroatoms. The Morgan fingerprint density at radius 2 is 1.83 bits per heavy atom. The number of hydrogen-bond donors (Lipinski definition) is 3. The molecule has 1 amide bonds. The maximum absolute atomic E-state index is 14.7. The van der Waals surface area contributed by atoms with Crippen LogP contribution in [0.2, 0.25) is 0 Å². The first-order valence-corrected chi connectivity index (χ1v) is 13.8. The molecule has 222 valence electrons. The molecule has 0 aliphatic heterocycles. The number of benzene rings is 3. The summed E-state index contributed by atoms with van der Waals surface area (Å²) in [6.45, 7) is -1.07. The Morgan fingerprint density at radius 1 is 1.12 bits per heavy atom. The minimum atomic E-state index is -4.38. The summed E-state index contributed by atoms with van der Waals surface area (Å²) in [7, 11) is 1.59. The number of carbonyl (C=O) groups excluding carboxylic acids is 1. The van der Waals surface area contributed by atoms with E-state index in [-0.39, 0.29) is 47.9 Å². The van der Waals surface area contributed by atoms with E-state index in [0.29, 0.717) is 16.8 Å². The van der Waals surface area contributed by atoms with Gasteiger partial charge in [0.05, 0.1) is 22.3 Å². The first-order valence-electron chi connectivity index (χ1n) is 12.7. The molecular weight excluding hydrogens is 679 g/mol. The number of fused-ring (bicyclic) bond motifs is 1. The van der Waals surface area contributed by atoms with Crippen LogP contribution in [0.3, 0.4) is 0 Å². The van der Waals surface area contributed by atoms with Crippen molar-refractivity contribution in [2.45, 2.75) is 37.5 Å². The zero-order valence-corrected chi connectivity index (χ0v) is 24.1. The van der Waals surface area contributed by atoms with Crippen LogP contribution in [0.1, 0.15) is 28.8 Å². The van der Waals surface area contributed by atoms with E-state index in [9.17, 15) is 31.1 Å². The fourth-order valence-electron chi connectivity index (χ4n) is 4.37. The highest BCUT2D eigenvalue weighted by molar-refractivity contribution is 14.1. The number of aryl methyl sites for hydroxylation is 1. The number of alkyl halides is 5. The molecule has 1 aliphatic carbocycles. The van der Waals surface area contributed by atoms with Gasteiger partial charge in [-0.15, -0.1) is 0 Å². The second kappa shape index (κ2) is 11.6. The van der Waals surface area contributed by atoms with Gasteiger partial charge in [-0.3, -0.25) is 10.1 Å². The highest BCUT2D eigenvalue weighted by Gasteiger charge is 2.62. The van der Waals surface area contributed by atoms with Gasteiger partial charge in [-0.25, -0.2) is 18.2 Å². The first kappa shape index (κ1) is 29.9. The van der Waals surface area contributed by atoms with Crippen molar-refractivity contribution in [3.8, 4) is 5.75 Å². The Hall–Kier alpha value is -3.53. The quantitative estimate of drug-likeness (QED) is 0.121. The second-order valence-corrected chi connectivity index (χ2v) is 11.1. The second-order valence-electron chi connectivity index (χ2n) is 9.87. The fraction of sp³-hybridized carbons (Fsp3) is 0.286. The van der Waals surface area contributed by atoms with Crippen LogP contribution < -0.4 is 20.7 Å². The molecule has 3 aromatic carbocycles. The highest BCUT2D eigenvalue weighted by atomic mass is 127. The van der Waals surface area contributed by atoms with Crippen LogP contribution in [0.4, 0.5) is 43.7 Å². The van der Waals surface area contributed by atoms with Crippen molar-refractivity contribution in [3.63, 3.8) is 0 Å². The summed E-state index contributed by atoms with van der Waals surface area (Å²) in [6.07, 6.45) is -7.20. The standard InChI is InChI=1S/C28H24F6IN5O2/c1-40-22-12-23(42-14-24(30)31)18(25(41)37-17-5-3-16(35)4-6-17)11-21(22)39-26(40)38-20-10-15(2-7-19(20)29)13-36-27(8-9-27)28(32,33)34/h2-7,10-12,24,36H,8-9,13-14H2,1H3,(H,37,41)(H,38,39). The third-order valence-corrected chi connectivity index (χ3v) is 7.61. The van der Waals surface area contributed by atoms with Gasteiger partial charge in [0.15, 0.2) is 0 Å². The minimum Gasteiger partial charge on any atom is -0.487 e. The molecule has 0 saturated heterocycles. The molecule has 0 radical (unpaired) electrons. The topological polar surface area (TPSA) is 80.2 Å². The third-order valence-electron chi connectivity index (χ3n) is 6.89. The van der Waals surface area contributed by atoms with E-state index in [0.717, 1.165) is 9.64 Å². The average Bonchev–Trinajstić information content (AvgIpc) is 3.68. The summed E-state index contributed by atoms with van der Waals surface area (Å²) in [5, 5.41) is 8.08. The molecule has 0 atom stereocenters. The molecule has 4 aromatic rings. The van der Waals surface area contributed by atoms with Crippen molar-refractivity contribution in [1.29, 1.82) is 0 Å². The molecule has 5 rings (SSSR count). The number of nitrogens with zero attached hydrogens (tertiary/aromatic N) is 2. The number of anilines is 3. The average molecular weight is 703 g/mol. The molecule has 0 spiro atoms. The van der Waals surface area contributed by atoms with Gasteiger partial charge in [-0.1, -0.05) is 6.07 Å². The number of hydrogen-bond acceptors (Lipinski definition) is 5. The SMILES string of the molecule is Cn1c(Nc2cc(CNC3(C(F)(F)F)CC3)ccc2F)nc2cc(C(=O)Nc3ccc(I)cc3)c(OCC(F)F)cc21. The summed E-state index contributed by atoms with van der Waals surface area (Å²) in [5.74, 6) is -1.24. The smallest absolute Gasteiger partial charge is 0.406 e. The summed E-state index contributed by atoms with van der Waals surface area (Å²) >= 11 is 2.11. The summed E-state index contributed by atoms with van der Waals surface area (Å²) in [5.41, 5.74) is -0.399. The van der Waals surface area contributed by atoms with Gasteiger partial charge in [-0.2, -0.15) is 13.2 Å². The van der Waals surface area contributed by atoms with E-state index >= 15 is 0 Å². The van der Waals surface area contributed by atoms with Gasteiger partial charge in [0, 0.05) is 28.9 Å². The largest absolute Gasteiger partial charge is 0.487 e. The number of rotatable bonds is 10. The van der Waals surface area contributed by atoms with Crippen molar-refractivity contribution in [2.24, 2.45) is 7.05 Å². The van der Waals surface area contributed by atoms with Crippen LogP contribution in [0.25, 0.3) is 11.0 Å². The predicted molar refractivity (Wildman–Crippen MR) is 154 cm³/mol. The van der Waals surface area contributed by atoms with Gasteiger partial charge in [0.1, 0.15) is 23.7 Å². The molecule has 1 aliphatic rings. The van der Waals surface area contributed by atoms with Gasteiger partial charge in [0.2, 0.25) is 5.95 Å². The van der Waals surface area contributed by atoms with Crippen molar-refractivity contribution in [2.75, 3.05) is 17.2 Å². The number of imidazole rings is 1. The monoisotopic (exact) mass is 703 g/mol. The van der Waals surface area contributed by atoms with E-state index in [1.165, 1.54) is 28.8 Å². The number of amides is 1. The van der Waals surface area contributed by atoms with E-state index < -0.39 is 36.5 Å². The number of halogens is 7. The van der Waals surface area contributed by atoms with Gasteiger partial charge >= 0.3 is 6.18 Å². The van der Waals surface area contributed by atoms with Crippen LogP contribution in [0, 0.1) is 9.39 Å². The van der Waals surface area contributed by atoms with E-state index in [1.807, 2.05) is 0 Å². The number of ether oxygens (including phenoxy) is 1. The van der Waals surface area contributed by atoms with Gasteiger partial charge < -0.3 is 19.9 Å². The van der Waals surface area contributed by atoms with E-state index in [2.05, 4.69) is 43.5 Å². The van der Waals surface area contributed by atoms with E-state index in [1.54, 1.807) is 31.3 Å². The van der Waals surface area contributed by atoms with E-state index in [4.69, 9.17) is 4.74 Å². The molecule has 1 heterocycles. The molecule has 0 unspecified atom stereocenters. The number of nitrogens with one attached hydrogen (secondary N) is 3. The summed E-state index contributed by atoms with van der Waals surface area (Å²) in [4.78, 5) is 17.6. The molecule has 3 N–H and O–H groups in total. The van der Waals surface area contributed by atoms with Crippen molar-refractivity contribution in [1.82, 2.24) is 14.9 Å². The van der Waals surface area contributed by atoms with Crippen molar-refractivity contribution >= 4 is 56.9 Å². The fourth-order valence-corrected chi connectivity index (χ4v) is 4.73. The Balaban J connectivity index is 1.42. The van der Waals surface area contributed by atoms with Crippen LogP contribution in [0.15, 0.2) is 54.6 Å². The van der Waals surface area contributed by atoms with Crippen LogP contribution >= 0.6 is 22.6 Å². The lowest BCUT2D eigenvalue weighted by atomic mass is 10.1.